The largest absolute Gasteiger partial charge is 0.489 e. The number of carbonyl (C=O) groups is 1. The van der Waals surface area contributed by atoms with Gasteiger partial charge in [0.25, 0.3) is 5.91 Å². The number of likely N-dealkylation sites (tertiary alicyclic amines) is 1. The molecule has 1 saturated heterocycles. The van der Waals surface area contributed by atoms with Gasteiger partial charge in [0.15, 0.2) is 0 Å². The zero-order valence-corrected chi connectivity index (χ0v) is 19.2. The van der Waals surface area contributed by atoms with Gasteiger partial charge in [-0.15, -0.1) is 0 Å². The highest BCUT2D eigenvalue weighted by Gasteiger charge is 2.31. The molecule has 0 bridgehead atoms. The molecule has 0 unspecified atom stereocenters. The molecule has 6 heteroatoms. The molecule has 1 aliphatic heterocycles. The van der Waals surface area contributed by atoms with Crippen molar-refractivity contribution >= 4 is 5.91 Å². The van der Waals surface area contributed by atoms with E-state index < -0.39 is 0 Å². The summed E-state index contributed by atoms with van der Waals surface area (Å²) < 4.78 is 5.88. The van der Waals surface area contributed by atoms with Crippen LogP contribution in [-0.2, 0) is 17.9 Å². The normalized spacial score (nSPS) is 21.7. The van der Waals surface area contributed by atoms with Gasteiger partial charge < -0.3 is 21.5 Å². The summed E-state index contributed by atoms with van der Waals surface area (Å²) >= 11 is 0. The number of rotatable bonds is 9. The minimum absolute atomic E-state index is 0.0733. The Labute approximate surface area is 196 Å². The maximum Gasteiger partial charge on any atom is 0.267 e. The number of ether oxygens (including phenoxy) is 1. The molecule has 2 aromatic rings. The Bertz CT molecular complexity index is 997. The van der Waals surface area contributed by atoms with E-state index in [9.17, 15) is 4.79 Å². The lowest BCUT2D eigenvalue weighted by molar-refractivity contribution is -0.118. The molecule has 5 N–H and O–H groups in total. The summed E-state index contributed by atoms with van der Waals surface area (Å²) in [5, 5.41) is 3.11. The van der Waals surface area contributed by atoms with E-state index >= 15 is 0 Å². The second-order valence-electron chi connectivity index (χ2n) is 9.21. The molecule has 0 spiro atoms. The Morgan fingerprint density at radius 2 is 1.82 bits per heavy atom. The number of carbonyl (C=O) groups excluding carboxylic acids is 1. The van der Waals surface area contributed by atoms with Crippen LogP contribution in [0.15, 0.2) is 78.1 Å². The molecule has 2 atom stereocenters. The van der Waals surface area contributed by atoms with Crippen molar-refractivity contribution < 1.29 is 9.53 Å². The fourth-order valence-corrected chi connectivity index (χ4v) is 4.29. The van der Waals surface area contributed by atoms with Gasteiger partial charge >= 0.3 is 0 Å². The topological polar surface area (TPSA) is 93.6 Å². The summed E-state index contributed by atoms with van der Waals surface area (Å²) in [6.07, 6.45) is 5.52. The van der Waals surface area contributed by atoms with Gasteiger partial charge in [0, 0.05) is 25.7 Å². The minimum atomic E-state index is -0.214. The molecule has 4 rings (SSSR count). The van der Waals surface area contributed by atoms with Crippen LogP contribution in [-0.4, -0.2) is 29.9 Å². The van der Waals surface area contributed by atoms with Gasteiger partial charge in [0.05, 0.1) is 5.70 Å². The molecule has 174 valence electrons. The minimum Gasteiger partial charge on any atom is -0.489 e. The number of nitrogens with two attached hydrogens (primary N) is 2. The summed E-state index contributed by atoms with van der Waals surface area (Å²) in [6.45, 7) is 5.29. The fourth-order valence-electron chi connectivity index (χ4n) is 4.29. The van der Waals surface area contributed by atoms with E-state index in [-0.39, 0.29) is 17.6 Å². The summed E-state index contributed by atoms with van der Waals surface area (Å²) in [5.41, 5.74) is 15.3. The van der Waals surface area contributed by atoms with Crippen LogP contribution in [0.5, 0.6) is 5.75 Å². The zero-order chi connectivity index (χ0) is 23.2. The average Bonchev–Trinajstić information content (AvgIpc) is 3.62. The summed E-state index contributed by atoms with van der Waals surface area (Å²) in [4.78, 5) is 15.0. The molecule has 2 aromatic carbocycles. The molecule has 2 aliphatic rings. The van der Waals surface area contributed by atoms with Crippen molar-refractivity contribution in [1.29, 1.82) is 0 Å². The average molecular weight is 447 g/mol. The van der Waals surface area contributed by atoms with E-state index in [1.807, 2.05) is 30.3 Å². The number of nitrogens with zero attached hydrogens (tertiary/aromatic N) is 1. The predicted molar refractivity (Wildman–Crippen MR) is 131 cm³/mol. The quantitative estimate of drug-likeness (QED) is 0.406. The summed E-state index contributed by atoms with van der Waals surface area (Å²) in [5.74, 6) is 1.45. The zero-order valence-electron chi connectivity index (χ0n) is 19.2. The SMILES string of the molecule is C[C@H]1CN(Cc2ccc(OCc3ccccc3)cc2)C[C@@H]1NC(=O)/C(N)=C/C(=C\N)C1CC1. The van der Waals surface area contributed by atoms with Gasteiger partial charge in [-0.3, -0.25) is 9.69 Å². The van der Waals surface area contributed by atoms with Crippen LogP contribution in [0.4, 0.5) is 0 Å². The lowest BCUT2D eigenvalue weighted by Crippen LogP contribution is -2.41. The van der Waals surface area contributed by atoms with Gasteiger partial charge in [-0.1, -0.05) is 49.4 Å². The van der Waals surface area contributed by atoms with Gasteiger partial charge in [0.2, 0.25) is 0 Å². The number of nitrogens with one attached hydrogen (secondary N) is 1. The fraction of sp³-hybridized carbons (Fsp3) is 0.370. The first kappa shape index (κ1) is 22.9. The van der Waals surface area contributed by atoms with Crippen molar-refractivity contribution in [3.63, 3.8) is 0 Å². The molecule has 0 radical (unpaired) electrons. The second kappa shape index (κ2) is 10.6. The van der Waals surface area contributed by atoms with Crippen molar-refractivity contribution in [2.45, 2.75) is 39.0 Å². The number of hydrogen-bond acceptors (Lipinski definition) is 5. The Morgan fingerprint density at radius 3 is 2.48 bits per heavy atom. The van der Waals surface area contributed by atoms with E-state index in [1.165, 1.54) is 5.56 Å². The molecule has 33 heavy (non-hydrogen) atoms. The summed E-state index contributed by atoms with van der Waals surface area (Å²) in [7, 11) is 0. The maximum atomic E-state index is 12.6. The van der Waals surface area contributed by atoms with Gasteiger partial charge in [-0.25, -0.2) is 0 Å². The van der Waals surface area contributed by atoms with E-state index in [1.54, 1.807) is 12.3 Å². The number of hydrogen-bond donors (Lipinski definition) is 3. The second-order valence-corrected chi connectivity index (χ2v) is 9.21. The van der Waals surface area contributed by atoms with Crippen LogP contribution in [0.1, 0.15) is 30.9 Å². The third-order valence-corrected chi connectivity index (χ3v) is 6.41. The van der Waals surface area contributed by atoms with Crippen LogP contribution in [0.25, 0.3) is 0 Å². The van der Waals surface area contributed by atoms with Crippen molar-refractivity contribution in [3.05, 3.63) is 89.3 Å². The highest BCUT2D eigenvalue weighted by atomic mass is 16.5. The van der Waals surface area contributed by atoms with Gasteiger partial charge in [0.1, 0.15) is 12.4 Å². The molecule has 1 aliphatic carbocycles. The molecule has 1 heterocycles. The van der Waals surface area contributed by atoms with Crippen LogP contribution in [0.3, 0.4) is 0 Å². The Balaban J connectivity index is 1.26. The Morgan fingerprint density at radius 1 is 1.09 bits per heavy atom. The smallest absolute Gasteiger partial charge is 0.267 e. The van der Waals surface area contributed by atoms with E-state index in [4.69, 9.17) is 16.2 Å². The monoisotopic (exact) mass is 446 g/mol. The molecule has 0 aromatic heterocycles. The van der Waals surface area contributed by atoms with Gasteiger partial charge in [-0.05, 0) is 65.8 Å². The highest BCUT2D eigenvalue weighted by molar-refractivity contribution is 5.93. The van der Waals surface area contributed by atoms with Crippen molar-refractivity contribution in [3.8, 4) is 5.75 Å². The van der Waals surface area contributed by atoms with Crippen LogP contribution < -0.4 is 21.5 Å². The lowest BCUT2D eigenvalue weighted by Gasteiger charge is -2.18. The van der Waals surface area contributed by atoms with E-state index in [0.717, 1.165) is 49.4 Å². The van der Waals surface area contributed by atoms with Crippen molar-refractivity contribution in [1.82, 2.24) is 10.2 Å². The summed E-state index contributed by atoms with van der Waals surface area (Å²) in [6, 6.07) is 18.5. The number of benzene rings is 2. The van der Waals surface area contributed by atoms with Gasteiger partial charge in [-0.2, -0.15) is 0 Å². The Hall–Kier alpha value is -3.25. The van der Waals surface area contributed by atoms with Crippen LogP contribution in [0, 0.1) is 11.8 Å². The molecule has 1 saturated carbocycles. The van der Waals surface area contributed by atoms with Crippen molar-refractivity contribution in [2.24, 2.45) is 23.3 Å². The molecular formula is C27H34N4O2. The number of allylic oxidation sites excluding steroid dienone is 2. The third-order valence-electron chi connectivity index (χ3n) is 6.41. The van der Waals surface area contributed by atoms with E-state index in [0.29, 0.717) is 18.4 Å². The number of amides is 1. The molecule has 1 amide bonds. The van der Waals surface area contributed by atoms with Crippen LogP contribution >= 0.6 is 0 Å². The lowest BCUT2D eigenvalue weighted by atomic mass is 10.1. The predicted octanol–water partition coefficient (Wildman–Crippen LogP) is 3.30. The highest BCUT2D eigenvalue weighted by Crippen LogP contribution is 2.36. The van der Waals surface area contributed by atoms with E-state index in [2.05, 4.69) is 41.4 Å². The first-order valence-corrected chi connectivity index (χ1v) is 11.7. The molecule has 2 fully saturated rings. The standard InChI is InChI=1S/C27H34N4O2/c1-19-15-31(17-26(19)30-27(32)25(29)13-23(14-28)22-9-10-22)16-20-7-11-24(12-8-20)33-18-21-5-3-2-4-6-21/h2-8,11-14,19,22,26H,9-10,15-18,28-29H2,1H3,(H,30,32)/b23-14+,25-13-/t19-,26-/m0/s1. The third kappa shape index (κ3) is 6.39. The first-order chi connectivity index (χ1) is 16.0. The first-order valence-electron chi connectivity index (χ1n) is 11.7. The molecule has 6 nitrogen and oxygen atoms in total. The Kier molecular flexibility index (Phi) is 7.35. The maximum absolute atomic E-state index is 12.6. The van der Waals surface area contributed by atoms with Crippen molar-refractivity contribution in [2.75, 3.05) is 13.1 Å². The van der Waals surface area contributed by atoms with Crippen LogP contribution in [0.2, 0.25) is 0 Å². The molecular weight excluding hydrogens is 412 g/mol.